The summed E-state index contributed by atoms with van der Waals surface area (Å²) in [5, 5.41) is 0. The molecule has 1 unspecified atom stereocenters. The molecule has 1 aliphatic carbocycles. The van der Waals surface area contributed by atoms with Crippen molar-refractivity contribution in [3.05, 3.63) is 29.8 Å². The third kappa shape index (κ3) is 3.11. The Hall–Kier alpha value is -1.02. The highest BCUT2D eigenvalue weighted by Gasteiger charge is 2.33. The quantitative estimate of drug-likeness (QED) is 0.847. The van der Waals surface area contributed by atoms with Crippen molar-refractivity contribution in [3.63, 3.8) is 0 Å². The fourth-order valence-electron chi connectivity index (χ4n) is 2.94. The first-order valence-electron chi connectivity index (χ1n) is 7.62. The standard InChI is InChI=1S/C17H28N2/c1-4-14-8-10-16(11-9-14)19(3)17(2,13-18)12-15-6-5-7-15/h8-11,15H,4-7,12-13,18H2,1-3H3. The maximum atomic E-state index is 6.09. The van der Waals surface area contributed by atoms with E-state index in [-0.39, 0.29) is 5.54 Å². The van der Waals surface area contributed by atoms with Crippen molar-refractivity contribution >= 4 is 5.69 Å². The lowest BCUT2D eigenvalue weighted by atomic mass is 9.76. The second-order valence-corrected chi connectivity index (χ2v) is 6.28. The van der Waals surface area contributed by atoms with Crippen molar-refractivity contribution in [1.29, 1.82) is 0 Å². The minimum absolute atomic E-state index is 0.0822. The van der Waals surface area contributed by atoms with Gasteiger partial charge < -0.3 is 10.6 Å². The molecule has 0 aliphatic heterocycles. The van der Waals surface area contributed by atoms with E-state index in [4.69, 9.17) is 5.73 Å². The summed E-state index contributed by atoms with van der Waals surface area (Å²) in [4.78, 5) is 2.38. The first kappa shape index (κ1) is 14.4. The van der Waals surface area contributed by atoms with E-state index in [0.29, 0.717) is 0 Å². The molecule has 2 N–H and O–H groups in total. The summed E-state index contributed by atoms with van der Waals surface area (Å²) >= 11 is 0. The molecular formula is C17H28N2. The molecule has 1 aromatic rings. The molecular weight excluding hydrogens is 232 g/mol. The molecule has 2 nitrogen and oxygen atoms in total. The van der Waals surface area contributed by atoms with Crippen molar-refractivity contribution in [2.75, 3.05) is 18.5 Å². The van der Waals surface area contributed by atoms with E-state index in [1.165, 1.54) is 36.9 Å². The largest absolute Gasteiger partial charge is 0.368 e. The molecule has 0 heterocycles. The molecule has 0 aromatic heterocycles. The van der Waals surface area contributed by atoms with Crippen molar-refractivity contribution in [2.24, 2.45) is 11.7 Å². The molecule has 0 bridgehead atoms. The summed E-state index contributed by atoms with van der Waals surface area (Å²) in [6, 6.07) is 8.92. The van der Waals surface area contributed by atoms with Crippen LogP contribution in [0.4, 0.5) is 5.69 Å². The number of hydrogen-bond acceptors (Lipinski definition) is 2. The second-order valence-electron chi connectivity index (χ2n) is 6.28. The van der Waals surface area contributed by atoms with Crippen LogP contribution in [0.15, 0.2) is 24.3 Å². The van der Waals surface area contributed by atoms with E-state index in [1.807, 2.05) is 0 Å². The first-order valence-corrected chi connectivity index (χ1v) is 7.62. The van der Waals surface area contributed by atoms with Gasteiger partial charge in [-0.2, -0.15) is 0 Å². The zero-order valence-corrected chi connectivity index (χ0v) is 12.7. The lowest BCUT2D eigenvalue weighted by Crippen LogP contribution is -2.51. The molecule has 19 heavy (non-hydrogen) atoms. The highest BCUT2D eigenvalue weighted by atomic mass is 15.2. The Bertz CT molecular complexity index is 394. The van der Waals surface area contributed by atoms with Gasteiger partial charge in [0, 0.05) is 24.8 Å². The molecule has 0 amide bonds. The monoisotopic (exact) mass is 260 g/mol. The predicted molar refractivity (Wildman–Crippen MR) is 83.6 cm³/mol. The minimum atomic E-state index is 0.0822. The second kappa shape index (κ2) is 5.96. The fraction of sp³-hybridized carbons (Fsp3) is 0.647. The maximum Gasteiger partial charge on any atom is 0.0495 e. The Morgan fingerprint density at radius 1 is 1.26 bits per heavy atom. The number of aryl methyl sites for hydroxylation is 1. The number of nitrogens with zero attached hydrogens (tertiary/aromatic N) is 1. The smallest absolute Gasteiger partial charge is 0.0495 e. The zero-order valence-electron chi connectivity index (χ0n) is 12.7. The summed E-state index contributed by atoms with van der Waals surface area (Å²) in [6.07, 6.45) is 6.49. The number of benzene rings is 1. The van der Waals surface area contributed by atoms with Gasteiger partial charge in [0.15, 0.2) is 0 Å². The minimum Gasteiger partial charge on any atom is -0.368 e. The lowest BCUT2D eigenvalue weighted by molar-refractivity contribution is 0.233. The average molecular weight is 260 g/mol. The lowest BCUT2D eigenvalue weighted by Gasteiger charge is -2.44. The summed E-state index contributed by atoms with van der Waals surface area (Å²) in [6.45, 7) is 5.22. The van der Waals surface area contributed by atoms with Crippen LogP contribution in [0.5, 0.6) is 0 Å². The zero-order chi connectivity index (χ0) is 13.9. The van der Waals surface area contributed by atoms with Crippen LogP contribution in [-0.2, 0) is 6.42 Å². The van der Waals surface area contributed by atoms with E-state index in [2.05, 4.69) is 50.1 Å². The summed E-state index contributed by atoms with van der Waals surface area (Å²) in [7, 11) is 2.19. The van der Waals surface area contributed by atoms with Gasteiger partial charge in [-0.3, -0.25) is 0 Å². The van der Waals surface area contributed by atoms with E-state index < -0.39 is 0 Å². The van der Waals surface area contributed by atoms with E-state index in [1.54, 1.807) is 0 Å². The number of rotatable bonds is 6. The van der Waals surface area contributed by atoms with Crippen molar-refractivity contribution in [2.45, 2.75) is 51.5 Å². The van der Waals surface area contributed by atoms with Gasteiger partial charge in [0.1, 0.15) is 0 Å². The Kier molecular flexibility index (Phi) is 4.51. The molecule has 1 fully saturated rings. The van der Waals surface area contributed by atoms with Gasteiger partial charge in [0.05, 0.1) is 0 Å². The molecule has 1 aromatic carbocycles. The first-order chi connectivity index (χ1) is 9.09. The third-order valence-corrected chi connectivity index (χ3v) is 4.93. The topological polar surface area (TPSA) is 29.3 Å². The van der Waals surface area contributed by atoms with Crippen LogP contribution in [-0.4, -0.2) is 19.1 Å². The number of nitrogens with two attached hydrogens (primary N) is 1. The molecule has 0 saturated heterocycles. The Morgan fingerprint density at radius 2 is 1.89 bits per heavy atom. The van der Waals surface area contributed by atoms with E-state index >= 15 is 0 Å². The van der Waals surface area contributed by atoms with Gasteiger partial charge in [-0.25, -0.2) is 0 Å². The Balaban J connectivity index is 2.10. The highest BCUT2D eigenvalue weighted by Crippen LogP contribution is 2.36. The average Bonchev–Trinajstić information content (AvgIpc) is 2.42. The van der Waals surface area contributed by atoms with Crippen LogP contribution in [0.2, 0.25) is 0 Å². The van der Waals surface area contributed by atoms with Crippen molar-refractivity contribution in [3.8, 4) is 0 Å². The van der Waals surface area contributed by atoms with E-state index in [9.17, 15) is 0 Å². The van der Waals surface area contributed by atoms with Crippen molar-refractivity contribution < 1.29 is 0 Å². The molecule has 0 spiro atoms. The molecule has 1 saturated carbocycles. The van der Waals surface area contributed by atoms with Gasteiger partial charge in [-0.15, -0.1) is 0 Å². The molecule has 0 radical (unpaired) electrons. The van der Waals surface area contributed by atoms with Gasteiger partial charge in [0.25, 0.3) is 0 Å². The summed E-state index contributed by atoms with van der Waals surface area (Å²) < 4.78 is 0. The summed E-state index contributed by atoms with van der Waals surface area (Å²) in [5.74, 6) is 0.880. The fourth-order valence-corrected chi connectivity index (χ4v) is 2.94. The molecule has 2 rings (SSSR count). The number of anilines is 1. The van der Waals surface area contributed by atoms with Gasteiger partial charge >= 0.3 is 0 Å². The summed E-state index contributed by atoms with van der Waals surface area (Å²) in [5.41, 5.74) is 8.84. The Morgan fingerprint density at radius 3 is 2.32 bits per heavy atom. The van der Waals surface area contributed by atoms with Crippen LogP contribution in [0.25, 0.3) is 0 Å². The molecule has 2 heteroatoms. The van der Waals surface area contributed by atoms with Gasteiger partial charge in [-0.05, 0) is 43.4 Å². The van der Waals surface area contributed by atoms with Crippen LogP contribution < -0.4 is 10.6 Å². The van der Waals surface area contributed by atoms with Crippen LogP contribution in [0, 0.1) is 5.92 Å². The van der Waals surface area contributed by atoms with Gasteiger partial charge in [-0.1, -0.05) is 38.3 Å². The van der Waals surface area contributed by atoms with Gasteiger partial charge in [0.2, 0.25) is 0 Å². The van der Waals surface area contributed by atoms with Crippen LogP contribution in [0.1, 0.15) is 45.1 Å². The molecule has 106 valence electrons. The van der Waals surface area contributed by atoms with Crippen molar-refractivity contribution in [1.82, 2.24) is 0 Å². The normalized spacial score (nSPS) is 18.7. The van der Waals surface area contributed by atoms with Crippen LogP contribution in [0.3, 0.4) is 0 Å². The van der Waals surface area contributed by atoms with E-state index in [0.717, 1.165) is 18.9 Å². The SMILES string of the molecule is CCc1ccc(N(C)C(C)(CN)CC2CCC2)cc1. The number of likely N-dealkylation sites (N-methyl/N-ethyl adjacent to an activating group) is 1. The maximum absolute atomic E-state index is 6.09. The number of hydrogen-bond donors (Lipinski definition) is 1. The van der Waals surface area contributed by atoms with Crippen LogP contribution >= 0.6 is 0 Å². The molecule has 1 atom stereocenters. The predicted octanol–water partition coefficient (Wildman–Crippen LogP) is 3.59. The highest BCUT2D eigenvalue weighted by molar-refractivity contribution is 5.49. The third-order valence-electron chi connectivity index (χ3n) is 4.93. The molecule has 1 aliphatic rings. The Labute approximate surface area is 118 Å².